The van der Waals surface area contributed by atoms with E-state index in [0.717, 1.165) is 34.5 Å². The molecule has 2 aliphatic rings. The van der Waals surface area contributed by atoms with Crippen LogP contribution in [0.1, 0.15) is 51.8 Å². The summed E-state index contributed by atoms with van der Waals surface area (Å²) in [6.45, 7) is 12.0. The lowest BCUT2D eigenvalue weighted by molar-refractivity contribution is 0.194. The van der Waals surface area contributed by atoms with Crippen molar-refractivity contribution in [3.05, 3.63) is 29.1 Å². The van der Waals surface area contributed by atoms with Crippen LogP contribution in [0, 0.1) is 23.7 Å². The van der Waals surface area contributed by atoms with Gasteiger partial charge in [0.15, 0.2) is 0 Å². The van der Waals surface area contributed by atoms with E-state index in [1.165, 1.54) is 23.4 Å². The molecule has 2 fully saturated rings. The first-order valence-electron chi connectivity index (χ1n) is 9.89. The zero-order valence-corrected chi connectivity index (χ0v) is 17.7. The monoisotopic (exact) mass is 383 g/mol. The molecule has 2 aromatic rings. The summed E-state index contributed by atoms with van der Waals surface area (Å²) in [4.78, 5) is 5.99. The lowest BCUT2D eigenvalue weighted by Crippen LogP contribution is -2.32. The third-order valence-electron chi connectivity index (χ3n) is 7.03. The predicted octanol–water partition coefficient (Wildman–Crippen LogP) is 6.13. The van der Waals surface area contributed by atoms with Crippen LogP contribution < -0.4 is 10.2 Å². The van der Waals surface area contributed by atoms with Gasteiger partial charge in [-0.25, -0.2) is 4.98 Å². The number of hydrazone groups is 1. The highest BCUT2D eigenvalue weighted by Gasteiger charge is 2.59. The molecule has 4 rings (SSSR count). The zero-order chi connectivity index (χ0) is 19.2. The van der Waals surface area contributed by atoms with Crippen LogP contribution >= 0.6 is 11.3 Å². The maximum absolute atomic E-state index is 5.53. The summed E-state index contributed by atoms with van der Waals surface area (Å²) < 4.78 is 5.53. The van der Waals surface area contributed by atoms with Gasteiger partial charge in [-0.05, 0) is 68.7 Å². The van der Waals surface area contributed by atoms with E-state index in [1.54, 1.807) is 11.3 Å². The van der Waals surface area contributed by atoms with Gasteiger partial charge in [0.2, 0.25) is 5.13 Å². The SMILES string of the molecule is CCOc1ccc(-c2nc(N/N=C3\C[C@@H]4CC[C@@]3(C)C4(C)C)sc2C)cc1. The molecule has 0 radical (unpaired) electrons. The molecular weight excluding hydrogens is 354 g/mol. The molecule has 2 bridgehead atoms. The molecule has 1 heterocycles. The zero-order valence-electron chi connectivity index (χ0n) is 16.9. The normalized spacial score (nSPS) is 27.3. The first-order valence-corrected chi connectivity index (χ1v) is 10.7. The Morgan fingerprint density at radius 2 is 2.00 bits per heavy atom. The van der Waals surface area contributed by atoms with Crippen molar-refractivity contribution in [2.75, 3.05) is 12.0 Å². The van der Waals surface area contributed by atoms with Crippen LogP contribution in [-0.2, 0) is 0 Å². The number of fused-ring (bicyclic) bond motifs is 2. The number of thiazole rings is 1. The molecule has 0 unspecified atom stereocenters. The largest absolute Gasteiger partial charge is 0.494 e. The number of hydrogen-bond donors (Lipinski definition) is 1. The first kappa shape index (κ1) is 18.5. The van der Waals surface area contributed by atoms with Gasteiger partial charge in [0.25, 0.3) is 0 Å². The minimum atomic E-state index is 0.217. The maximum atomic E-state index is 5.53. The van der Waals surface area contributed by atoms with E-state index in [-0.39, 0.29) is 5.41 Å². The van der Waals surface area contributed by atoms with Crippen LogP contribution in [0.15, 0.2) is 29.4 Å². The number of rotatable bonds is 5. The van der Waals surface area contributed by atoms with Gasteiger partial charge >= 0.3 is 0 Å². The molecule has 0 saturated heterocycles. The minimum Gasteiger partial charge on any atom is -0.494 e. The quantitative estimate of drug-likeness (QED) is 0.632. The standard InChI is InChI=1S/C22H29N3OS/c1-6-26-17-9-7-15(8-10-17)19-14(2)27-20(23-19)25-24-18-13-16-11-12-22(18,5)21(16,3)4/h7-10,16H,6,11-13H2,1-5H3,(H,23,25)/b24-18+/t16-,22+/m0/s1. The fourth-order valence-corrected chi connectivity index (χ4v) is 5.58. The lowest BCUT2D eigenvalue weighted by Gasteiger charge is -2.34. The fraction of sp³-hybridized carbons (Fsp3) is 0.545. The third kappa shape index (κ3) is 2.96. The van der Waals surface area contributed by atoms with E-state index in [4.69, 9.17) is 14.8 Å². The van der Waals surface area contributed by atoms with Crippen molar-refractivity contribution in [2.45, 2.75) is 53.9 Å². The van der Waals surface area contributed by atoms with Crippen molar-refractivity contribution < 1.29 is 4.74 Å². The van der Waals surface area contributed by atoms with Crippen molar-refractivity contribution in [1.29, 1.82) is 0 Å². The highest BCUT2D eigenvalue weighted by atomic mass is 32.1. The molecule has 4 nitrogen and oxygen atoms in total. The fourth-order valence-electron chi connectivity index (χ4n) is 4.80. The van der Waals surface area contributed by atoms with E-state index < -0.39 is 0 Å². The summed E-state index contributed by atoms with van der Waals surface area (Å²) in [5, 5.41) is 5.69. The highest BCUT2D eigenvalue weighted by molar-refractivity contribution is 7.16. The van der Waals surface area contributed by atoms with Crippen LogP contribution in [0.25, 0.3) is 11.3 Å². The second-order valence-corrected chi connectivity index (χ2v) is 9.75. The van der Waals surface area contributed by atoms with Gasteiger partial charge in [-0.2, -0.15) is 5.10 Å². The second-order valence-electron chi connectivity index (χ2n) is 8.55. The van der Waals surface area contributed by atoms with Crippen LogP contribution in [-0.4, -0.2) is 17.3 Å². The Morgan fingerprint density at radius 3 is 2.59 bits per heavy atom. The van der Waals surface area contributed by atoms with E-state index in [0.29, 0.717) is 12.0 Å². The first-order chi connectivity index (χ1) is 12.8. The van der Waals surface area contributed by atoms with Crippen molar-refractivity contribution >= 4 is 22.2 Å². The molecule has 144 valence electrons. The Hall–Kier alpha value is -1.88. The Kier molecular flexibility index (Phi) is 4.53. The highest BCUT2D eigenvalue weighted by Crippen LogP contribution is 2.63. The van der Waals surface area contributed by atoms with Crippen molar-refractivity contribution in [1.82, 2.24) is 4.98 Å². The molecule has 0 spiro atoms. The number of ether oxygens (including phenoxy) is 1. The number of aryl methyl sites for hydroxylation is 1. The van der Waals surface area contributed by atoms with Crippen molar-refractivity contribution in [3.63, 3.8) is 0 Å². The molecule has 2 aliphatic carbocycles. The topological polar surface area (TPSA) is 46.5 Å². The Balaban J connectivity index is 1.53. The molecule has 2 atom stereocenters. The summed E-state index contributed by atoms with van der Waals surface area (Å²) in [5.41, 5.74) is 7.28. The van der Waals surface area contributed by atoms with Gasteiger partial charge in [0.05, 0.1) is 12.3 Å². The molecule has 1 aromatic heterocycles. The van der Waals surface area contributed by atoms with Gasteiger partial charge in [-0.3, -0.25) is 5.43 Å². The molecule has 0 aliphatic heterocycles. The molecule has 5 heteroatoms. The number of nitrogens with zero attached hydrogens (tertiary/aromatic N) is 2. The number of anilines is 1. The Morgan fingerprint density at radius 1 is 1.26 bits per heavy atom. The molecule has 2 saturated carbocycles. The van der Waals surface area contributed by atoms with Crippen LogP contribution in [0.5, 0.6) is 5.75 Å². The van der Waals surface area contributed by atoms with E-state index in [1.807, 2.05) is 19.1 Å². The average molecular weight is 384 g/mol. The van der Waals surface area contributed by atoms with Crippen molar-refractivity contribution in [2.24, 2.45) is 21.8 Å². The van der Waals surface area contributed by atoms with Gasteiger partial charge in [-0.15, -0.1) is 11.3 Å². The maximum Gasteiger partial charge on any atom is 0.204 e. The summed E-state index contributed by atoms with van der Waals surface area (Å²) in [6, 6.07) is 8.15. The van der Waals surface area contributed by atoms with Crippen LogP contribution in [0.3, 0.4) is 0 Å². The second kappa shape index (κ2) is 6.62. The predicted molar refractivity (Wildman–Crippen MR) is 114 cm³/mol. The minimum absolute atomic E-state index is 0.217. The number of aromatic nitrogens is 1. The molecule has 0 amide bonds. The Bertz CT molecular complexity index is 868. The van der Waals surface area contributed by atoms with E-state index in [2.05, 4.69) is 45.3 Å². The van der Waals surface area contributed by atoms with Crippen LogP contribution in [0.2, 0.25) is 0 Å². The summed E-state index contributed by atoms with van der Waals surface area (Å²) in [6.07, 6.45) is 3.70. The molecule has 27 heavy (non-hydrogen) atoms. The smallest absolute Gasteiger partial charge is 0.204 e. The summed E-state index contributed by atoms with van der Waals surface area (Å²) >= 11 is 1.67. The lowest BCUT2D eigenvalue weighted by atomic mass is 9.70. The van der Waals surface area contributed by atoms with Gasteiger partial charge in [0.1, 0.15) is 5.75 Å². The van der Waals surface area contributed by atoms with Gasteiger partial charge < -0.3 is 4.74 Å². The van der Waals surface area contributed by atoms with Gasteiger partial charge in [0, 0.05) is 21.6 Å². The molecular formula is C22H29N3OS. The van der Waals surface area contributed by atoms with Gasteiger partial charge in [-0.1, -0.05) is 20.8 Å². The average Bonchev–Trinajstić information content (AvgIpc) is 3.18. The molecule has 1 aromatic carbocycles. The summed E-state index contributed by atoms with van der Waals surface area (Å²) in [7, 11) is 0. The Labute approximate surface area is 166 Å². The van der Waals surface area contributed by atoms with Crippen molar-refractivity contribution in [3.8, 4) is 17.0 Å². The number of hydrogen-bond acceptors (Lipinski definition) is 5. The third-order valence-corrected chi connectivity index (χ3v) is 7.91. The molecule has 1 N–H and O–H groups in total. The van der Waals surface area contributed by atoms with Crippen LogP contribution in [0.4, 0.5) is 5.13 Å². The van der Waals surface area contributed by atoms with E-state index in [9.17, 15) is 0 Å². The number of nitrogens with one attached hydrogen (secondary N) is 1. The summed E-state index contributed by atoms with van der Waals surface area (Å²) in [5.74, 6) is 1.66. The van der Waals surface area contributed by atoms with E-state index >= 15 is 0 Å². The number of benzene rings is 1.